The van der Waals surface area contributed by atoms with Crippen LogP contribution >= 0.6 is 11.6 Å². The molecule has 3 aliphatic carbocycles. The van der Waals surface area contributed by atoms with Gasteiger partial charge in [0.25, 0.3) is 5.92 Å². The monoisotopic (exact) mass is 861 g/mol. The first-order valence-electron chi connectivity index (χ1n) is 18.6. The van der Waals surface area contributed by atoms with Gasteiger partial charge in [-0.2, -0.15) is 32.1 Å². The maximum absolute atomic E-state index is 15.5. The van der Waals surface area contributed by atoms with Crippen LogP contribution < -0.4 is 0 Å². The van der Waals surface area contributed by atoms with Crippen LogP contribution in [0.1, 0.15) is 84.0 Å². The Kier molecular flexibility index (Phi) is 9.83. The molecular weight excluding hydrogens is 827 g/mol. The summed E-state index contributed by atoms with van der Waals surface area (Å²) in [5.74, 6) is -4.63. The highest BCUT2D eigenvalue weighted by Crippen LogP contribution is 2.68. The fourth-order valence-corrected chi connectivity index (χ4v) is 9.38. The summed E-state index contributed by atoms with van der Waals surface area (Å²) in [5, 5.41) is 19.4. The quantitative estimate of drug-likeness (QED) is 0.106. The van der Waals surface area contributed by atoms with Gasteiger partial charge in [0.15, 0.2) is 21.3 Å². The van der Waals surface area contributed by atoms with Crippen LogP contribution in [0.15, 0.2) is 42.5 Å². The van der Waals surface area contributed by atoms with Crippen molar-refractivity contribution in [2.24, 2.45) is 18.9 Å². The number of hydrogen-bond donors (Lipinski definition) is 1. The molecular formula is C41H35ClF7N5O4S. The number of hydrogen-bond acceptors (Lipinski definition) is 7. The number of carbonyl (C=O) groups excluding carboxylic acids is 1. The second-order valence-corrected chi connectivity index (χ2v) is 18.6. The summed E-state index contributed by atoms with van der Waals surface area (Å²) in [6.07, 6.45) is -3.47. The fourth-order valence-electron chi connectivity index (χ4n) is 8.42. The van der Waals surface area contributed by atoms with Gasteiger partial charge in [-0.25, -0.2) is 22.2 Å². The number of sulfone groups is 1. The second kappa shape index (κ2) is 14.2. The molecule has 9 nitrogen and oxygen atoms in total. The van der Waals surface area contributed by atoms with Crippen molar-refractivity contribution in [3.05, 3.63) is 98.7 Å². The number of aliphatic hydroxyl groups is 1. The number of fused-ring (bicyclic) bond motifs is 4. The van der Waals surface area contributed by atoms with Crippen molar-refractivity contribution in [1.29, 1.82) is 0 Å². The van der Waals surface area contributed by atoms with Crippen LogP contribution in [0, 0.1) is 35.3 Å². The van der Waals surface area contributed by atoms with Gasteiger partial charge in [-0.3, -0.25) is 14.2 Å². The largest absolute Gasteiger partial charge is 0.435 e. The minimum Gasteiger partial charge on any atom is -0.378 e. The van der Waals surface area contributed by atoms with Crippen LogP contribution in [0.25, 0.3) is 22.0 Å². The smallest absolute Gasteiger partial charge is 0.378 e. The van der Waals surface area contributed by atoms with Crippen LogP contribution in [0.4, 0.5) is 30.7 Å². The third-order valence-corrected chi connectivity index (χ3v) is 12.3. The molecule has 1 N–H and O–H groups in total. The van der Waals surface area contributed by atoms with E-state index in [9.17, 15) is 40.3 Å². The van der Waals surface area contributed by atoms with Crippen LogP contribution in [0.3, 0.4) is 0 Å². The van der Waals surface area contributed by atoms with E-state index in [2.05, 4.69) is 22.0 Å². The van der Waals surface area contributed by atoms with Crippen molar-refractivity contribution in [1.82, 2.24) is 24.5 Å². The number of Topliss-reactive ketones (excluding diaryl/α,β-unsaturated/α-hetero) is 1. The van der Waals surface area contributed by atoms with E-state index in [1.54, 1.807) is 32.2 Å². The van der Waals surface area contributed by atoms with E-state index in [0.29, 0.717) is 32.8 Å². The maximum Gasteiger partial charge on any atom is 0.435 e. The highest BCUT2D eigenvalue weighted by atomic mass is 35.5. The molecule has 0 radical (unpaired) electrons. The minimum absolute atomic E-state index is 0.0600. The van der Waals surface area contributed by atoms with E-state index in [-0.39, 0.29) is 46.4 Å². The molecule has 8 rings (SSSR count). The van der Waals surface area contributed by atoms with Gasteiger partial charge in [0.2, 0.25) is 0 Å². The molecule has 2 fully saturated rings. The molecule has 0 amide bonds. The minimum atomic E-state index is -5.06. The summed E-state index contributed by atoms with van der Waals surface area (Å²) in [6.45, 7) is 0.597. The predicted octanol–water partition coefficient (Wildman–Crippen LogP) is 8.03. The number of nitrogens with zero attached hydrogens (tertiary/aromatic N) is 5. The Morgan fingerprint density at radius 2 is 1.75 bits per heavy atom. The number of aryl methyl sites for hydroxylation is 1. The van der Waals surface area contributed by atoms with Crippen molar-refractivity contribution in [2.75, 3.05) is 6.26 Å². The Morgan fingerprint density at radius 3 is 2.39 bits per heavy atom. The fraction of sp³-hybridized carbons (Fsp3) is 0.415. The number of carbonyl (C=O) groups is 1. The third-order valence-electron chi connectivity index (χ3n) is 11.2. The number of aromatic nitrogens is 5. The number of benzene rings is 2. The van der Waals surface area contributed by atoms with Gasteiger partial charge in [0.05, 0.1) is 27.7 Å². The lowest BCUT2D eigenvalue weighted by atomic mass is 9.86. The van der Waals surface area contributed by atoms with Crippen molar-refractivity contribution in [3.8, 4) is 23.0 Å². The summed E-state index contributed by atoms with van der Waals surface area (Å²) in [7, 11) is -2.03. The lowest BCUT2D eigenvalue weighted by molar-refractivity contribution is -0.142. The Balaban J connectivity index is 1.28. The first-order chi connectivity index (χ1) is 27.5. The summed E-state index contributed by atoms with van der Waals surface area (Å²) >= 11 is 6.64. The zero-order valence-electron chi connectivity index (χ0n) is 31.6. The van der Waals surface area contributed by atoms with Crippen molar-refractivity contribution in [3.63, 3.8) is 0 Å². The molecule has 0 saturated heterocycles. The van der Waals surface area contributed by atoms with Crippen LogP contribution in [0.5, 0.6) is 0 Å². The third kappa shape index (κ3) is 7.86. The second-order valence-electron chi connectivity index (χ2n) is 16.0. The van der Waals surface area contributed by atoms with Gasteiger partial charge in [0.1, 0.15) is 35.2 Å². The SMILES string of the molecule is Cn1nc(CS(C)(=O)=O)c2c(Cl)ccc(-c3ccc(C#CC(C)(O)C4CC4)nc3[C@@H](CC(=O)Cn3nc(C(F)(F)F)c4c3C(F)(F)[C@@H]3C[C@H]43)Cc3cc(F)cc(F)c3)c21. The number of alkyl halides is 5. The van der Waals surface area contributed by atoms with Crippen LogP contribution in [-0.4, -0.2) is 55.7 Å². The number of halogens is 8. The van der Waals surface area contributed by atoms with Crippen molar-refractivity contribution in [2.45, 2.75) is 80.9 Å². The van der Waals surface area contributed by atoms with E-state index in [1.165, 1.54) is 10.7 Å². The number of rotatable bonds is 11. The van der Waals surface area contributed by atoms with E-state index >= 15 is 8.78 Å². The predicted molar refractivity (Wildman–Crippen MR) is 202 cm³/mol. The maximum atomic E-state index is 15.5. The molecule has 18 heteroatoms. The molecule has 0 bridgehead atoms. The van der Waals surface area contributed by atoms with Crippen molar-refractivity contribution < 1.29 is 49.1 Å². The number of ketones is 1. The summed E-state index contributed by atoms with van der Waals surface area (Å²) < 4.78 is 129. The lowest BCUT2D eigenvalue weighted by Gasteiger charge is -2.22. The molecule has 3 aliphatic rings. The van der Waals surface area contributed by atoms with E-state index < -0.39 is 98.4 Å². The van der Waals surface area contributed by atoms with Crippen LogP contribution in [0.2, 0.25) is 5.02 Å². The molecule has 4 atom stereocenters. The van der Waals surface area contributed by atoms with Gasteiger partial charge in [-0.15, -0.1) is 0 Å². The van der Waals surface area contributed by atoms with Gasteiger partial charge < -0.3 is 5.11 Å². The van der Waals surface area contributed by atoms with Crippen molar-refractivity contribution >= 4 is 38.1 Å². The van der Waals surface area contributed by atoms with Crippen LogP contribution in [-0.2, 0) is 52.5 Å². The normalized spacial score (nSPS) is 19.8. The van der Waals surface area contributed by atoms with E-state index in [0.717, 1.165) is 31.2 Å². The molecule has 59 heavy (non-hydrogen) atoms. The highest BCUT2D eigenvalue weighted by Gasteiger charge is 2.68. The molecule has 0 aliphatic heterocycles. The van der Waals surface area contributed by atoms with E-state index in [4.69, 9.17) is 16.6 Å². The molecule has 2 saturated carbocycles. The topological polar surface area (TPSA) is 120 Å². The number of pyridine rings is 1. The Morgan fingerprint density at radius 1 is 1.07 bits per heavy atom. The van der Waals surface area contributed by atoms with Gasteiger partial charge in [0, 0.05) is 59.7 Å². The van der Waals surface area contributed by atoms with Gasteiger partial charge in [-0.05, 0) is 86.3 Å². The van der Waals surface area contributed by atoms with E-state index in [1.807, 2.05) is 0 Å². The summed E-state index contributed by atoms with van der Waals surface area (Å²) in [4.78, 5) is 18.9. The van der Waals surface area contributed by atoms with Gasteiger partial charge >= 0.3 is 6.18 Å². The summed E-state index contributed by atoms with van der Waals surface area (Å²) in [5.41, 5.74) is -2.84. The molecule has 3 heterocycles. The Labute approximate surface area is 338 Å². The molecule has 1 unspecified atom stereocenters. The molecule has 310 valence electrons. The molecule has 3 aromatic heterocycles. The average molecular weight is 862 g/mol. The first kappa shape index (κ1) is 41.0. The van der Waals surface area contributed by atoms with Gasteiger partial charge in [-0.1, -0.05) is 23.6 Å². The zero-order valence-corrected chi connectivity index (χ0v) is 33.2. The summed E-state index contributed by atoms with van der Waals surface area (Å²) in [6, 6.07) is 9.01. The average Bonchev–Trinajstić information content (AvgIpc) is 4.04. The lowest BCUT2D eigenvalue weighted by Crippen LogP contribution is -2.24. The highest BCUT2D eigenvalue weighted by molar-refractivity contribution is 7.89. The molecule has 0 spiro atoms. The standard InChI is InChI=1S/C41H35ClF7N5O4S/c1-39(56,22-4-5-22)11-10-25-6-7-27(28-8-9-31(42)34-32(19-59(3,57)58)51-53(2)36(28)34)35(50-25)21(12-20-13-23(43)16-24(44)14-20)15-26(55)18-54-38-33(37(52-54)41(47,48)49)29-17-30(29)40(38,45)46/h6-9,13-14,16,21-22,29-30,56H,4-5,12,15,17-19H2,1-3H3/t21-,29+,30-,39?/m1/s1. The Bertz CT molecular complexity index is 2730. The molecule has 2 aromatic carbocycles. The molecule has 5 aromatic rings. The first-order valence-corrected chi connectivity index (χ1v) is 21.1. The zero-order chi connectivity index (χ0) is 42.6. The Hall–Kier alpha value is -4.79.